The van der Waals surface area contributed by atoms with E-state index in [0.29, 0.717) is 6.54 Å². The molecule has 1 amide bonds. The van der Waals surface area contributed by atoms with Gasteiger partial charge in [0.05, 0.1) is 0 Å². The number of aryl methyl sites for hydroxylation is 1. The zero-order valence-electron chi connectivity index (χ0n) is 13.7. The molecular weight excluding hydrogens is 332 g/mol. The van der Waals surface area contributed by atoms with Gasteiger partial charge in [-0.25, -0.2) is 13.1 Å². The van der Waals surface area contributed by atoms with Crippen LogP contribution in [-0.2, 0) is 24.3 Å². The molecule has 0 unspecified atom stereocenters. The molecular formula is C16H22N2O5S. The number of ether oxygens (including phenoxy) is 1. The lowest BCUT2D eigenvalue weighted by molar-refractivity contribution is -0.147. The van der Waals surface area contributed by atoms with E-state index in [2.05, 4.69) is 14.8 Å². The topological polar surface area (TPSA) is 102 Å². The summed E-state index contributed by atoms with van der Waals surface area (Å²) in [7, 11) is -3.77. The lowest BCUT2D eigenvalue weighted by atomic mass is 10.2. The van der Waals surface area contributed by atoms with Crippen molar-refractivity contribution < 1.29 is 22.7 Å². The van der Waals surface area contributed by atoms with E-state index in [1.807, 2.05) is 26.0 Å². The van der Waals surface area contributed by atoms with Gasteiger partial charge in [-0.2, -0.15) is 0 Å². The van der Waals surface area contributed by atoms with Gasteiger partial charge >= 0.3 is 5.97 Å². The highest BCUT2D eigenvalue weighted by Crippen LogP contribution is 2.05. The summed E-state index contributed by atoms with van der Waals surface area (Å²) in [4.78, 5) is 22.7. The second kappa shape index (κ2) is 9.84. The van der Waals surface area contributed by atoms with Gasteiger partial charge in [-0.3, -0.25) is 9.59 Å². The first-order valence-electron chi connectivity index (χ1n) is 7.49. The van der Waals surface area contributed by atoms with Gasteiger partial charge in [0, 0.05) is 12.0 Å². The molecule has 0 atom stereocenters. The van der Waals surface area contributed by atoms with E-state index >= 15 is 0 Å². The Bertz CT molecular complexity index is 681. The minimum atomic E-state index is -3.77. The molecule has 0 aliphatic carbocycles. The van der Waals surface area contributed by atoms with Crippen LogP contribution in [0.1, 0.15) is 24.5 Å². The van der Waals surface area contributed by atoms with Gasteiger partial charge in [-0.05, 0) is 25.0 Å². The third kappa shape index (κ3) is 8.44. The normalized spacial score (nSPS) is 11.4. The molecule has 1 rings (SSSR count). The van der Waals surface area contributed by atoms with Crippen LogP contribution in [0.2, 0.25) is 0 Å². The highest BCUT2D eigenvalue weighted by Gasteiger charge is 2.11. The van der Waals surface area contributed by atoms with Crippen LogP contribution in [0.5, 0.6) is 0 Å². The zero-order valence-corrected chi connectivity index (χ0v) is 14.6. The van der Waals surface area contributed by atoms with Gasteiger partial charge in [0.1, 0.15) is 6.54 Å². The summed E-state index contributed by atoms with van der Waals surface area (Å²) in [6, 6.07) is 7.29. The minimum Gasteiger partial charge on any atom is -0.455 e. The molecule has 0 spiro atoms. The molecule has 2 N–H and O–H groups in total. The molecule has 0 heterocycles. The van der Waals surface area contributed by atoms with E-state index in [1.165, 1.54) is 6.08 Å². The predicted molar refractivity (Wildman–Crippen MR) is 91.4 cm³/mol. The number of benzene rings is 1. The lowest BCUT2D eigenvalue weighted by Gasteiger charge is -2.06. The fourth-order valence-corrected chi connectivity index (χ4v) is 2.32. The highest BCUT2D eigenvalue weighted by atomic mass is 32.2. The number of amides is 1. The Balaban J connectivity index is 2.40. The van der Waals surface area contributed by atoms with Crippen molar-refractivity contribution in [3.63, 3.8) is 0 Å². The number of esters is 1. The molecule has 0 fully saturated rings. The first-order chi connectivity index (χ1) is 11.3. The summed E-state index contributed by atoms with van der Waals surface area (Å²) in [5, 5.41) is 3.51. The zero-order chi connectivity index (χ0) is 18.0. The fraction of sp³-hybridized carbons (Fsp3) is 0.375. The van der Waals surface area contributed by atoms with Crippen LogP contribution in [0, 0.1) is 6.92 Å². The SMILES string of the molecule is CCCNC(=O)COC(=O)CNS(=O)(=O)/C=C/c1ccc(C)cc1. The van der Waals surface area contributed by atoms with E-state index in [1.54, 1.807) is 12.1 Å². The standard InChI is InChI=1S/C16H22N2O5S/c1-3-9-17-15(19)12-23-16(20)11-18-24(21,22)10-8-14-6-4-13(2)5-7-14/h4-8,10,18H,3,9,11-12H2,1-2H3,(H,17,19)/b10-8+. The van der Waals surface area contributed by atoms with Crippen LogP contribution in [0.15, 0.2) is 29.7 Å². The van der Waals surface area contributed by atoms with E-state index in [-0.39, 0.29) is 0 Å². The van der Waals surface area contributed by atoms with Crippen molar-refractivity contribution in [1.82, 2.24) is 10.0 Å². The number of carbonyl (C=O) groups excluding carboxylic acids is 2. The van der Waals surface area contributed by atoms with Gasteiger partial charge in [0.15, 0.2) is 6.61 Å². The average molecular weight is 354 g/mol. The summed E-state index contributed by atoms with van der Waals surface area (Å²) in [5.41, 5.74) is 1.79. The molecule has 0 radical (unpaired) electrons. The number of nitrogens with one attached hydrogen (secondary N) is 2. The number of hydrogen-bond donors (Lipinski definition) is 2. The van der Waals surface area contributed by atoms with Gasteiger partial charge in [-0.1, -0.05) is 36.8 Å². The third-order valence-corrected chi connectivity index (χ3v) is 3.91. The highest BCUT2D eigenvalue weighted by molar-refractivity contribution is 7.92. The molecule has 0 saturated heterocycles. The van der Waals surface area contributed by atoms with Gasteiger partial charge in [0.25, 0.3) is 5.91 Å². The number of rotatable bonds is 9. The summed E-state index contributed by atoms with van der Waals surface area (Å²) in [6.07, 6.45) is 2.19. The second-order valence-corrected chi connectivity index (χ2v) is 6.74. The fourth-order valence-electron chi connectivity index (χ4n) is 1.57. The van der Waals surface area contributed by atoms with Gasteiger partial charge in [-0.15, -0.1) is 0 Å². The smallest absolute Gasteiger partial charge is 0.321 e. The monoisotopic (exact) mass is 354 g/mol. The maximum Gasteiger partial charge on any atom is 0.321 e. The molecule has 1 aromatic rings. The molecule has 132 valence electrons. The van der Waals surface area contributed by atoms with Crippen LogP contribution in [0.4, 0.5) is 0 Å². The molecule has 0 saturated carbocycles. The van der Waals surface area contributed by atoms with E-state index in [0.717, 1.165) is 23.0 Å². The van der Waals surface area contributed by atoms with Crippen LogP contribution < -0.4 is 10.0 Å². The molecule has 0 aromatic heterocycles. The van der Waals surface area contributed by atoms with Crippen LogP contribution in [-0.4, -0.2) is 40.0 Å². The molecule has 7 nitrogen and oxygen atoms in total. The average Bonchev–Trinajstić information content (AvgIpc) is 2.56. The van der Waals surface area contributed by atoms with Crippen molar-refractivity contribution in [3.8, 4) is 0 Å². The minimum absolute atomic E-state index is 0.424. The van der Waals surface area contributed by atoms with E-state index < -0.39 is 35.1 Å². The molecule has 1 aromatic carbocycles. The van der Waals surface area contributed by atoms with Crippen LogP contribution in [0.3, 0.4) is 0 Å². The van der Waals surface area contributed by atoms with Crippen molar-refractivity contribution in [1.29, 1.82) is 0 Å². The third-order valence-electron chi connectivity index (χ3n) is 2.87. The Hall–Kier alpha value is -2.19. The number of sulfonamides is 1. The van der Waals surface area contributed by atoms with Gasteiger partial charge in [0.2, 0.25) is 10.0 Å². The van der Waals surface area contributed by atoms with Gasteiger partial charge < -0.3 is 10.1 Å². The van der Waals surface area contributed by atoms with E-state index in [9.17, 15) is 18.0 Å². The summed E-state index contributed by atoms with van der Waals surface area (Å²) in [6.45, 7) is 3.35. The Morgan fingerprint density at radius 1 is 1.21 bits per heavy atom. The quantitative estimate of drug-likeness (QED) is 0.643. The molecule has 0 aliphatic rings. The summed E-state index contributed by atoms with van der Waals surface area (Å²) >= 11 is 0. The Kier molecular flexibility index (Phi) is 8.14. The Morgan fingerprint density at radius 3 is 2.50 bits per heavy atom. The van der Waals surface area contributed by atoms with Crippen molar-refractivity contribution >= 4 is 28.0 Å². The number of carbonyl (C=O) groups is 2. The van der Waals surface area contributed by atoms with Crippen molar-refractivity contribution in [2.24, 2.45) is 0 Å². The molecule has 8 heteroatoms. The summed E-state index contributed by atoms with van der Waals surface area (Å²) in [5.74, 6) is -1.25. The maximum absolute atomic E-state index is 11.8. The van der Waals surface area contributed by atoms with Crippen molar-refractivity contribution in [2.75, 3.05) is 19.7 Å². The molecule has 0 bridgehead atoms. The summed E-state index contributed by atoms with van der Waals surface area (Å²) < 4.78 is 30.3. The Morgan fingerprint density at radius 2 is 1.88 bits per heavy atom. The first kappa shape index (κ1) is 19.9. The van der Waals surface area contributed by atoms with Crippen LogP contribution >= 0.6 is 0 Å². The number of hydrogen-bond acceptors (Lipinski definition) is 5. The van der Waals surface area contributed by atoms with Crippen molar-refractivity contribution in [2.45, 2.75) is 20.3 Å². The molecule has 0 aliphatic heterocycles. The largest absolute Gasteiger partial charge is 0.455 e. The predicted octanol–water partition coefficient (Wildman–Crippen LogP) is 0.955. The maximum atomic E-state index is 11.8. The lowest BCUT2D eigenvalue weighted by Crippen LogP contribution is -2.33. The Labute approximate surface area is 142 Å². The van der Waals surface area contributed by atoms with Crippen molar-refractivity contribution in [3.05, 3.63) is 40.8 Å². The van der Waals surface area contributed by atoms with E-state index in [4.69, 9.17) is 0 Å². The second-order valence-electron chi connectivity index (χ2n) is 5.09. The first-order valence-corrected chi connectivity index (χ1v) is 9.04. The molecule has 24 heavy (non-hydrogen) atoms. The van der Waals surface area contributed by atoms with Crippen LogP contribution in [0.25, 0.3) is 6.08 Å².